The Bertz CT molecular complexity index is 2330. The Balaban J connectivity index is 0.883. The van der Waals surface area contributed by atoms with E-state index in [-0.39, 0.29) is 104 Å². The standard InChI is InChI=1S/C38H37ClF2N8O11/c39-23-19-43-20-26(48-10-8-29(42)45-38(48)55)32(23)47-33(51)21-4-6-27(28(18-21)60-37(40)41)59-17-16-58-15-14-57-13-12-56-11-9-44-24-3-1-2-22-31(24)36(54)49(35(22)53)25-5-7-30(50)46-34(25)52/h1-4,6,8,10,18-20,25,37,44H,5,7,9,11-17H2,(H2,42,45,55)(H,43,47,51)(H,46,50,52). The van der Waals surface area contributed by atoms with Crippen molar-refractivity contribution in [1.29, 1.82) is 0 Å². The van der Waals surface area contributed by atoms with Gasteiger partial charge in [-0.25, -0.2) is 4.79 Å². The van der Waals surface area contributed by atoms with Crippen LogP contribution >= 0.6 is 11.6 Å². The minimum absolute atomic E-state index is 0.00142. The van der Waals surface area contributed by atoms with Crippen molar-refractivity contribution < 1.29 is 56.4 Å². The fraction of sp³-hybridized carbons (Fsp3) is 0.316. The zero-order valence-electron chi connectivity index (χ0n) is 31.5. The molecule has 0 saturated carbocycles. The lowest BCUT2D eigenvalue weighted by atomic mass is 10.0. The summed E-state index contributed by atoms with van der Waals surface area (Å²) in [6, 6.07) is 8.73. The Hall–Kier alpha value is -6.55. The van der Waals surface area contributed by atoms with E-state index in [2.05, 4.69) is 30.7 Å². The molecule has 1 saturated heterocycles. The van der Waals surface area contributed by atoms with Crippen LogP contribution in [0.4, 0.5) is 26.0 Å². The number of nitrogen functional groups attached to an aromatic ring is 1. The smallest absolute Gasteiger partial charge is 0.387 e. The van der Waals surface area contributed by atoms with Crippen LogP contribution in [0, 0.1) is 0 Å². The summed E-state index contributed by atoms with van der Waals surface area (Å²) in [5.41, 5.74) is 5.52. The number of benzene rings is 2. The zero-order valence-corrected chi connectivity index (χ0v) is 32.2. The third-order valence-electron chi connectivity index (χ3n) is 8.88. The molecule has 0 aliphatic carbocycles. The number of anilines is 3. The molecule has 1 unspecified atom stereocenters. The largest absolute Gasteiger partial charge is 0.487 e. The third kappa shape index (κ3) is 10.4. The Labute approximate surface area is 344 Å². The maximum absolute atomic E-state index is 13.3. The van der Waals surface area contributed by atoms with Crippen molar-refractivity contribution in [3.05, 3.63) is 93.3 Å². The Kier molecular flexibility index (Phi) is 14.3. The molecule has 0 radical (unpaired) electrons. The van der Waals surface area contributed by atoms with Gasteiger partial charge in [-0.15, -0.1) is 0 Å². The maximum atomic E-state index is 13.3. The average molecular weight is 855 g/mol. The first kappa shape index (κ1) is 43.0. The Morgan fingerprint density at radius 3 is 2.38 bits per heavy atom. The van der Waals surface area contributed by atoms with Gasteiger partial charge < -0.3 is 40.1 Å². The highest BCUT2D eigenvalue weighted by atomic mass is 35.5. The highest BCUT2D eigenvalue weighted by molar-refractivity contribution is 6.34. The first-order valence-corrected chi connectivity index (χ1v) is 18.6. The number of pyridine rings is 1. The van der Waals surface area contributed by atoms with Gasteiger partial charge in [-0.3, -0.25) is 43.7 Å². The van der Waals surface area contributed by atoms with Crippen LogP contribution in [0.2, 0.25) is 5.02 Å². The van der Waals surface area contributed by atoms with Crippen LogP contribution in [0.25, 0.3) is 5.69 Å². The van der Waals surface area contributed by atoms with Crippen LogP contribution in [0.15, 0.2) is 65.8 Å². The van der Waals surface area contributed by atoms with E-state index in [9.17, 15) is 37.5 Å². The van der Waals surface area contributed by atoms with E-state index < -0.39 is 53.6 Å². The minimum Gasteiger partial charge on any atom is -0.487 e. The van der Waals surface area contributed by atoms with Crippen LogP contribution in [0.1, 0.15) is 43.9 Å². The second kappa shape index (κ2) is 19.9. The third-order valence-corrected chi connectivity index (χ3v) is 9.17. The summed E-state index contributed by atoms with van der Waals surface area (Å²) < 4.78 is 54.4. The molecule has 0 spiro atoms. The van der Waals surface area contributed by atoms with E-state index in [0.29, 0.717) is 12.2 Å². The van der Waals surface area contributed by atoms with Gasteiger partial charge in [0.2, 0.25) is 11.8 Å². The summed E-state index contributed by atoms with van der Waals surface area (Å²) in [6.07, 6.45) is 3.91. The molecule has 1 fully saturated rings. The second-order valence-corrected chi connectivity index (χ2v) is 13.2. The molecular weight excluding hydrogens is 818 g/mol. The summed E-state index contributed by atoms with van der Waals surface area (Å²) in [5, 5.41) is 7.80. The number of amides is 5. The number of rotatable bonds is 20. The van der Waals surface area contributed by atoms with Crippen molar-refractivity contribution in [2.75, 3.05) is 69.2 Å². The molecule has 5 amide bonds. The minimum atomic E-state index is -3.23. The second-order valence-electron chi connectivity index (χ2n) is 12.8. The molecule has 2 aromatic heterocycles. The molecular formula is C38H37ClF2N8O11. The van der Waals surface area contributed by atoms with E-state index in [1.165, 1.54) is 42.9 Å². The summed E-state index contributed by atoms with van der Waals surface area (Å²) >= 11 is 6.29. The average Bonchev–Trinajstić information content (AvgIpc) is 3.46. The first-order valence-electron chi connectivity index (χ1n) is 18.3. The zero-order chi connectivity index (χ0) is 42.8. The Morgan fingerprint density at radius 1 is 0.933 bits per heavy atom. The summed E-state index contributed by atoms with van der Waals surface area (Å²) in [5.74, 6) is -3.63. The summed E-state index contributed by atoms with van der Waals surface area (Å²) in [4.78, 5) is 84.2. The van der Waals surface area contributed by atoms with Crippen LogP contribution in [0.3, 0.4) is 0 Å². The van der Waals surface area contributed by atoms with Crippen molar-refractivity contribution >= 4 is 58.3 Å². The molecule has 0 bridgehead atoms. The quantitative estimate of drug-likeness (QED) is 0.0738. The number of hydrogen-bond donors (Lipinski definition) is 4. The molecule has 2 aliphatic heterocycles. The molecule has 2 aliphatic rings. The molecule has 60 heavy (non-hydrogen) atoms. The lowest BCUT2D eigenvalue weighted by Crippen LogP contribution is -2.54. The number of nitrogens with two attached hydrogens (primary N) is 1. The number of imide groups is 2. The van der Waals surface area contributed by atoms with Gasteiger partial charge in [0.25, 0.3) is 17.7 Å². The van der Waals surface area contributed by atoms with Crippen LogP contribution in [-0.2, 0) is 23.8 Å². The van der Waals surface area contributed by atoms with Crippen LogP contribution in [0.5, 0.6) is 11.5 Å². The van der Waals surface area contributed by atoms with Gasteiger partial charge in [0, 0.05) is 36.6 Å². The van der Waals surface area contributed by atoms with Crippen molar-refractivity contribution in [3.8, 4) is 17.2 Å². The topological polar surface area (TPSA) is 245 Å². The number of carbonyl (C=O) groups excluding carboxylic acids is 5. The summed E-state index contributed by atoms with van der Waals surface area (Å²) in [7, 11) is 0. The molecule has 22 heteroatoms. The van der Waals surface area contributed by atoms with Gasteiger partial charge in [-0.05, 0) is 42.8 Å². The monoisotopic (exact) mass is 854 g/mol. The lowest BCUT2D eigenvalue weighted by Gasteiger charge is -2.27. The van der Waals surface area contributed by atoms with Crippen molar-refractivity contribution in [1.82, 2.24) is 24.8 Å². The number of halogens is 3. The predicted molar refractivity (Wildman–Crippen MR) is 208 cm³/mol. The molecule has 4 aromatic rings. The van der Waals surface area contributed by atoms with Gasteiger partial charge >= 0.3 is 12.3 Å². The van der Waals surface area contributed by atoms with Gasteiger partial charge in [0.15, 0.2) is 11.5 Å². The molecule has 4 heterocycles. The SMILES string of the molecule is Nc1ccn(-c2cncc(Cl)c2NC(=O)c2ccc(OCCOCCOCCOCCNc3cccc4c3C(=O)N(C3CCC(=O)NC3=O)C4=O)c(OC(F)F)c2)c(=O)n1. The fourth-order valence-corrected chi connectivity index (χ4v) is 6.35. The molecule has 6 rings (SSSR count). The number of ether oxygens (including phenoxy) is 5. The molecule has 1 atom stereocenters. The van der Waals surface area contributed by atoms with E-state index in [1.807, 2.05) is 0 Å². The number of nitrogens with zero attached hydrogens (tertiary/aromatic N) is 4. The van der Waals surface area contributed by atoms with E-state index in [4.69, 9.17) is 36.3 Å². The number of carbonyl (C=O) groups is 5. The molecule has 316 valence electrons. The van der Waals surface area contributed by atoms with E-state index >= 15 is 0 Å². The number of nitrogens with one attached hydrogen (secondary N) is 3. The van der Waals surface area contributed by atoms with Gasteiger partial charge in [-0.1, -0.05) is 17.7 Å². The fourth-order valence-electron chi connectivity index (χ4n) is 6.15. The summed E-state index contributed by atoms with van der Waals surface area (Å²) in [6.45, 7) is -1.79. The van der Waals surface area contributed by atoms with Gasteiger partial charge in [0.05, 0.1) is 73.4 Å². The van der Waals surface area contributed by atoms with E-state index in [1.54, 1.807) is 12.1 Å². The first-order chi connectivity index (χ1) is 28.9. The van der Waals surface area contributed by atoms with Crippen LogP contribution < -0.4 is 36.8 Å². The maximum Gasteiger partial charge on any atom is 0.387 e. The molecule has 2 aromatic carbocycles. The highest BCUT2D eigenvalue weighted by Crippen LogP contribution is 2.34. The van der Waals surface area contributed by atoms with Crippen LogP contribution in [-0.4, -0.2) is 114 Å². The predicted octanol–water partition coefficient (Wildman–Crippen LogP) is 2.66. The highest BCUT2D eigenvalue weighted by Gasteiger charge is 2.45. The Morgan fingerprint density at radius 2 is 1.67 bits per heavy atom. The normalized spacial score (nSPS) is 14.9. The number of aromatic nitrogens is 3. The van der Waals surface area contributed by atoms with Crippen molar-refractivity contribution in [2.24, 2.45) is 0 Å². The van der Waals surface area contributed by atoms with Crippen molar-refractivity contribution in [2.45, 2.75) is 25.5 Å². The lowest BCUT2D eigenvalue weighted by molar-refractivity contribution is -0.136. The van der Waals surface area contributed by atoms with E-state index in [0.717, 1.165) is 15.5 Å². The molecule has 5 N–H and O–H groups in total. The number of alkyl halides is 2. The number of fused-ring (bicyclic) bond motifs is 1. The van der Waals surface area contributed by atoms with Gasteiger partial charge in [0.1, 0.15) is 18.5 Å². The number of hydrogen-bond acceptors (Lipinski definition) is 15. The van der Waals surface area contributed by atoms with Crippen molar-refractivity contribution in [3.63, 3.8) is 0 Å². The van der Waals surface area contributed by atoms with Gasteiger partial charge in [-0.2, -0.15) is 13.8 Å². The number of piperidine rings is 1. The molecule has 19 nitrogen and oxygen atoms in total.